The third-order valence-electron chi connectivity index (χ3n) is 6.93. The Kier molecular flexibility index (Phi) is 9.30. The number of hydrogen-bond acceptors (Lipinski definition) is 9. The summed E-state index contributed by atoms with van der Waals surface area (Å²) in [7, 11) is 0. The van der Waals surface area contributed by atoms with Crippen molar-refractivity contribution in [2.45, 2.75) is 25.7 Å². The summed E-state index contributed by atoms with van der Waals surface area (Å²) in [6, 6.07) is 18.1. The van der Waals surface area contributed by atoms with Crippen LogP contribution in [0.5, 0.6) is 11.6 Å². The van der Waals surface area contributed by atoms with Gasteiger partial charge in [0.15, 0.2) is 0 Å². The molecule has 1 N–H and O–H groups in total. The molecule has 9 nitrogen and oxygen atoms in total. The average molecular weight is 564 g/mol. The standard InChI is InChI=1S/C30H33N3O6S/c34-29(35)10-11-30(36)39-21-38-28-9-7-22-6-8-23(20-25(22)31-28)37-18-2-1-13-32-14-16-33(17-15-32)26-4-3-5-27-24(26)12-19-40-27/h3-9,12,19-20H,1-2,10-11,13-18,21H2,(H,34,35). The second kappa shape index (κ2) is 13.5. The first-order chi connectivity index (χ1) is 19.5. The van der Waals surface area contributed by atoms with Crippen LogP contribution < -0.4 is 14.4 Å². The molecule has 40 heavy (non-hydrogen) atoms. The molecule has 0 amide bonds. The van der Waals surface area contributed by atoms with Gasteiger partial charge in [-0.25, -0.2) is 4.98 Å². The SMILES string of the molecule is O=C(O)CCC(=O)OCOc1ccc2ccc(OCCCCN3CCN(c4cccc5sccc45)CC3)cc2n1. The zero-order chi connectivity index (χ0) is 27.7. The maximum absolute atomic E-state index is 11.5. The van der Waals surface area contributed by atoms with Crippen molar-refractivity contribution in [3.63, 3.8) is 0 Å². The highest BCUT2D eigenvalue weighted by Gasteiger charge is 2.18. The van der Waals surface area contributed by atoms with Gasteiger partial charge in [0.25, 0.3) is 0 Å². The lowest BCUT2D eigenvalue weighted by atomic mass is 10.2. The Morgan fingerprint density at radius 1 is 0.950 bits per heavy atom. The molecule has 0 bridgehead atoms. The monoisotopic (exact) mass is 563 g/mol. The maximum Gasteiger partial charge on any atom is 0.309 e. The highest BCUT2D eigenvalue weighted by atomic mass is 32.1. The summed E-state index contributed by atoms with van der Waals surface area (Å²) in [6.45, 7) is 5.62. The smallest absolute Gasteiger partial charge is 0.309 e. The number of pyridine rings is 1. The fourth-order valence-electron chi connectivity index (χ4n) is 4.78. The number of carboxylic acid groups (broad SMARTS) is 1. The first-order valence-corrected chi connectivity index (χ1v) is 14.4. The average Bonchev–Trinajstić information content (AvgIpc) is 3.45. The molecule has 2 aromatic heterocycles. The molecular formula is C30H33N3O6S. The van der Waals surface area contributed by atoms with Crippen molar-refractivity contribution in [3.8, 4) is 11.6 Å². The normalized spacial score (nSPS) is 13.9. The number of carbonyl (C=O) groups excluding carboxylic acids is 1. The number of nitrogens with zero attached hydrogens (tertiary/aromatic N) is 3. The molecule has 1 aliphatic rings. The van der Waals surface area contributed by atoms with Crippen molar-refractivity contribution in [3.05, 3.63) is 60.0 Å². The summed E-state index contributed by atoms with van der Waals surface area (Å²) < 4.78 is 17.6. The number of fused-ring (bicyclic) bond motifs is 2. The molecule has 0 aliphatic carbocycles. The van der Waals surface area contributed by atoms with E-state index in [-0.39, 0.29) is 19.6 Å². The number of hydrogen-bond donors (Lipinski definition) is 1. The third-order valence-corrected chi connectivity index (χ3v) is 7.81. The number of esters is 1. The van der Waals surface area contributed by atoms with E-state index in [0.29, 0.717) is 18.0 Å². The number of carboxylic acids is 1. The zero-order valence-corrected chi connectivity index (χ0v) is 23.1. The summed E-state index contributed by atoms with van der Waals surface area (Å²) in [4.78, 5) is 31.6. The molecule has 0 radical (unpaired) electrons. The second-order valence-corrected chi connectivity index (χ2v) is 10.6. The number of thiophene rings is 1. The van der Waals surface area contributed by atoms with Gasteiger partial charge < -0.3 is 24.2 Å². The first-order valence-electron chi connectivity index (χ1n) is 13.5. The minimum atomic E-state index is -1.05. The Balaban J connectivity index is 1.01. The van der Waals surface area contributed by atoms with Gasteiger partial charge in [0, 0.05) is 59.5 Å². The largest absolute Gasteiger partial charge is 0.494 e. The molecule has 5 rings (SSSR count). The maximum atomic E-state index is 11.5. The summed E-state index contributed by atoms with van der Waals surface area (Å²) in [5.74, 6) is -0.631. The molecule has 0 spiro atoms. The lowest BCUT2D eigenvalue weighted by Gasteiger charge is -2.36. The summed E-state index contributed by atoms with van der Waals surface area (Å²) in [6.07, 6.45) is 1.57. The lowest BCUT2D eigenvalue weighted by molar-refractivity contribution is -0.153. The van der Waals surface area contributed by atoms with E-state index < -0.39 is 11.9 Å². The molecule has 1 saturated heterocycles. The molecule has 1 aliphatic heterocycles. The quantitative estimate of drug-likeness (QED) is 0.134. The van der Waals surface area contributed by atoms with Gasteiger partial charge >= 0.3 is 11.9 Å². The van der Waals surface area contributed by atoms with Gasteiger partial charge in [-0.05, 0) is 61.2 Å². The van der Waals surface area contributed by atoms with E-state index in [1.54, 1.807) is 17.4 Å². The first kappa shape index (κ1) is 27.7. The Morgan fingerprint density at radius 3 is 2.65 bits per heavy atom. The van der Waals surface area contributed by atoms with E-state index in [9.17, 15) is 9.59 Å². The van der Waals surface area contributed by atoms with Crippen LogP contribution in [0.15, 0.2) is 60.0 Å². The number of ether oxygens (including phenoxy) is 3. The Labute approximate surface area is 236 Å². The van der Waals surface area contributed by atoms with Crippen molar-refractivity contribution in [2.24, 2.45) is 0 Å². The van der Waals surface area contributed by atoms with E-state index in [4.69, 9.17) is 19.3 Å². The zero-order valence-electron chi connectivity index (χ0n) is 22.3. The molecule has 3 heterocycles. The third kappa shape index (κ3) is 7.40. The molecule has 210 valence electrons. The van der Waals surface area contributed by atoms with Crippen molar-refractivity contribution in [1.29, 1.82) is 0 Å². The van der Waals surface area contributed by atoms with Crippen LogP contribution in [0.4, 0.5) is 5.69 Å². The van der Waals surface area contributed by atoms with Gasteiger partial charge in [-0.3, -0.25) is 14.5 Å². The van der Waals surface area contributed by atoms with E-state index in [1.165, 1.54) is 15.8 Å². The molecule has 10 heteroatoms. The Morgan fingerprint density at radius 2 is 1.80 bits per heavy atom. The van der Waals surface area contributed by atoms with Crippen LogP contribution in [0.2, 0.25) is 0 Å². The van der Waals surface area contributed by atoms with E-state index >= 15 is 0 Å². The van der Waals surface area contributed by atoms with Gasteiger partial charge in [-0.1, -0.05) is 6.07 Å². The van der Waals surface area contributed by atoms with Crippen LogP contribution in [0.25, 0.3) is 21.0 Å². The predicted molar refractivity (Wildman–Crippen MR) is 155 cm³/mol. The number of rotatable bonds is 13. The minimum Gasteiger partial charge on any atom is -0.494 e. The van der Waals surface area contributed by atoms with E-state index in [1.807, 2.05) is 24.3 Å². The van der Waals surface area contributed by atoms with Crippen LogP contribution in [0, 0.1) is 0 Å². The number of anilines is 1. The predicted octanol–water partition coefficient (Wildman–Crippen LogP) is 5.18. The summed E-state index contributed by atoms with van der Waals surface area (Å²) >= 11 is 1.80. The molecule has 2 aromatic carbocycles. The van der Waals surface area contributed by atoms with Gasteiger partial charge in [0.1, 0.15) is 5.75 Å². The number of benzene rings is 2. The van der Waals surface area contributed by atoms with Crippen molar-refractivity contribution in [2.75, 3.05) is 51.0 Å². The molecular weight excluding hydrogens is 530 g/mol. The van der Waals surface area contributed by atoms with Gasteiger partial charge in [0.05, 0.1) is 25.0 Å². The van der Waals surface area contributed by atoms with Gasteiger partial charge in [0.2, 0.25) is 12.7 Å². The lowest BCUT2D eigenvalue weighted by Crippen LogP contribution is -2.46. The molecule has 4 aromatic rings. The number of aromatic nitrogens is 1. The van der Waals surface area contributed by atoms with Crippen LogP contribution in [0.1, 0.15) is 25.7 Å². The minimum absolute atomic E-state index is 0.200. The van der Waals surface area contributed by atoms with Crippen molar-refractivity contribution in [1.82, 2.24) is 9.88 Å². The van der Waals surface area contributed by atoms with Crippen molar-refractivity contribution < 1.29 is 28.9 Å². The molecule has 0 saturated carbocycles. The van der Waals surface area contributed by atoms with Crippen LogP contribution >= 0.6 is 11.3 Å². The van der Waals surface area contributed by atoms with E-state index in [2.05, 4.69) is 44.4 Å². The number of unbranched alkanes of at least 4 members (excludes halogenated alkanes) is 1. The topological polar surface area (TPSA) is 101 Å². The molecule has 1 fully saturated rings. The highest BCUT2D eigenvalue weighted by molar-refractivity contribution is 7.17. The number of piperazine rings is 1. The fraction of sp³-hybridized carbons (Fsp3) is 0.367. The number of aliphatic carboxylic acids is 1. The van der Waals surface area contributed by atoms with Crippen LogP contribution in [0.3, 0.4) is 0 Å². The van der Waals surface area contributed by atoms with Crippen LogP contribution in [-0.4, -0.2) is 73.1 Å². The number of carbonyl (C=O) groups is 2. The highest BCUT2D eigenvalue weighted by Crippen LogP contribution is 2.31. The fourth-order valence-corrected chi connectivity index (χ4v) is 5.59. The summed E-state index contributed by atoms with van der Waals surface area (Å²) in [5, 5.41) is 13.1. The molecule has 0 atom stereocenters. The van der Waals surface area contributed by atoms with E-state index in [0.717, 1.165) is 56.7 Å². The van der Waals surface area contributed by atoms with Crippen LogP contribution in [-0.2, 0) is 14.3 Å². The summed E-state index contributed by atoms with van der Waals surface area (Å²) in [5.41, 5.74) is 2.06. The van der Waals surface area contributed by atoms with Gasteiger partial charge in [-0.15, -0.1) is 11.3 Å². The van der Waals surface area contributed by atoms with Gasteiger partial charge in [-0.2, -0.15) is 0 Å². The Bertz CT molecular complexity index is 1450. The second-order valence-electron chi connectivity index (χ2n) is 9.67. The molecule has 0 unspecified atom stereocenters. The van der Waals surface area contributed by atoms with Crippen molar-refractivity contribution >= 4 is 50.0 Å². The Hall–Kier alpha value is -3.89.